The van der Waals surface area contributed by atoms with E-state index in [1.807, 2.05) is 0 Å². The molecule has 1 saturated carbocycles. The quantitative estimate of drug-likeness (QED) is 0.808. The van der Waals surface area contributed by atoms with Crippen molar-refractivity contribution in [2.45, 2.75) is 51.1 Å². The number of carbonyl (C=O) groups excluding carboxylic acids is 1. The summed E-state index contributed by atoms with van der Waals surface area (Å²) in [6, 6.07) is 0.986. The van der Waals surface area contributed by atoms with Gasteiger partial charge in [-0.15, -0.1) is 0 Å². The molecule has 2 aliphatic heterocycles. The largest absolute Gasteiger partial charge is 0.334 e. The van der Waals surface area contributed by atoms with Crippen LogP contribution >= 0.6 is 0 Å². The lowest BCUT2D eigenvalue weighted by molar-refractivity contribution is -0.132. The summed E-state index contributed by atoms with van der Waals surface area (Å²) in [6.07, 6.45) is 6.29. The van der Waals surface area contributed by atoms with Crippen LogP contribution in [-0.2, 0) is 4.79 Å². The predicted molar refractivity (Wildman–Crippen MR) is 76.0 cm³/mol. The lowest BCUT2D eigenvalue weighted by Crippen LogP contribution is -2.46. The number of likely N-dealkylation sites (N-methyl/N-ethyl adjacent to an activating group) is 1. The maximum absolute atomic E-state index is 12.5. The molecule has 3 rings (SSSR count). The van der Waals surface area contributed by atoms with E-state index in [0.717, 1.165) is 32.1 Å². The fourth-order valence-electron chi connectivity index (χ4n) is 3.64. The van der Waals surface area contributed by atoms with Crippen LogP contribution in [0.4, 0.5) is 0 Å². The van der Waals surface area contributed by atoms with Gasteiger partial charge in [0.15, 0.2) is 0 Å². The number of nitrogens with one attached hydrogen (secondary N) is 1. The van der Waals surface area contributed by atoms with Gasteiger partial charge in [-0.2, -0.15) is 0 Å². The Morgan fingerprint density at radius 1 is 1.16 bits per heavy atom. The van der Waals surface area contributed by atoms with E-state index in [1.165, 1.54) is 32.1 Å². The third-order valence-corrected chi connectivity index (χ3v) is 5.01. The molecule has 0 spiro atoms. The molecule has 1 N–H and O–H groups in total. The van der Waals surface area contributed by atoms with Gasteiger partial charge in [0.25, 0.3) is 0 Å². The second-order valence-corrected chi connectivity index (χ2v) is 6.44. The van der Waals surface area contributed by atoms with Crippen LogP contribution < -0.4 is 5.32 Å². The highest BCUT2D eigenvalue weighted by Gasteiger charge is 2.39. The average Bonchev–Trinajstić information content (AvgIpc) is 3.14. The Kier molecular flexibility index (Phi) is 4.08. The van der Waals surface area contributed by atoms with Crippen molar-refractivity contribution >= 4 is 5.91 Å². The van der Waals surface area contributed by atoms with Gasteiger partial charge < -0.3 is 15.1 Å². The molecule has 4 nitrogen and oxygen atoms in total. The van der Waals surface area contributed by atoms with E-state index in [9.17, 15) is 4.79 Å². The van der Waals surface area contributed by atoms with Crippen LogP contribution in [0.3, 0.4) is 0 Å². The van der Waals surface area contributed by atoms with Crippen LogP contribution in [0, 0.1) is 5.92 Å². The first-order valence-corrected chi connectivity index (χ1v) is 8.02. The molecular weight excluding hydrogens is 238 g/mol. The Bertz CT molecular complexity index is 329. The lowest BCUT2D eigenvalue weighted by atomic mass is 10.1. The number of nitrogens with zero attached hydrogens (tertiary/aromatic N) is 2. The third kappa shape index (κ3) is 3.11. The molecule has 2 bridgehead atoms. The van der Waals surface area contributed by atoms with E-state index in [2.05, 4.69) is 22.0 Å². The molecule has 1 aliphatic carbocycles. The highest BCUT2D eigenvalue weighted by molar-refractivity contribution is 5.79. The molecule has 0 aromatic carbocycles. The number of amides is 1. The highest BCUT2D eigenvalue weighted by atomic mass is 16.2. The summed E-state index contributed by atoms with van der Waals surface area (Å²) in [7, 11) is 0. The summed E-state index contributed by atoms with van der Waals surface area (Å²) in [6.45, 7) is 7.18. The molecule has 19 heavy (non-hydrogen) atoms. The van der Waals surface area contributed by atoms with Crippen molar-refractivity contribution in [2.75, 3.05) is 32.7 Å². The zero-order chi connectivity index (χ0) is 13.2. The third-order valence-electron chi connectivity index (χ3n) is 5.01. The van der Waals surface area contributed by atoms with Crippen LogP contribution in [-0.4, -0.2) is 60.5 Å². The molecule has 0 radical (unpaired) electrons. The zero-order valence-electron chi connectivity index (χ0n) is 12.1. The van der Waals surface area contributed by atoms with Gasteiger partial charge in [0.2, 0.25) is 5.91 Å². The van der Waals surface area contributed by atoms with Crippen molar-refractivity contribution in [3.05, 3.63) is 0 Å². The van der Waals surface area contributed by atoms with Crippen LogP contribution in [0.15, 0.2) is 0 Å². The molecule has 4 heteroatoms. The first kappa shape index (κ1) is 13.4. The summed E-state index contributed by atoms with van der Waals surface area (Å²) in [5, 5.41) is 3.35. The molecule has 1 amide bonds. The summed E-state index contributed by atoms with van der Waals surface area (Å²) >= 11 is 0. The lowest BCUT2D eigenvalue weighted by Gasteiger charge is -2.29. The maximum Gasteiger partial charge on any atom is 0.237 e. The summed E-state index contributed by atoms with van der Waals surface area (Å²) in [5.74, 6) is 1.19. The summed E-state index contributed by atoms with van der Waals surface area (Å²) < 4.78 is 0. The van der Waals surface area contributed by atoms with Crippen LogP contribution in [0.5, 0.6) is 0 Å². The molecule has 0 aromatic heterocycles. The molecule has 3 aliphatic rings. The van der Waals surface area contributed by atoms with Gasteiger partial charge in [0.05, 0.1) is 6.54 Å². The topological polar surface area (TPSA) is 35.6 Å². The number of likely N-dealkylation sites (tertiary alicyclic amines) is 1. The number of hydrogen-bond acceptors (Lipinski definition) is 3. The number of carbonyl (C=O) groups is 1. The minimum Gasteiger partial charge on any atom is -0.334 e. The van der Waals surface area contributed by atoms with Gasteiger partial charge in [0, 0.05) is 25.2 Å². The van der Waals surface area contributed by atoms with E-state index in [4.69, 9.17) is 0 Å². The predicted octanol–water partition coefficient (Wildman–Crippen LogP) is 1.07. The van der Waals surface area contributed by atoms with Crippen LogP contribution in [0.1, 0.15) is 39.0 Å². The molecule has 108 valence electrons. The molecule has 2 atom stereocenters. The zero-order valence-corrected chi connectivity index (χ0v) is 12.1. The van der Waals surface area contributed by atoms with Crippen molar-refractivity contribution in [1.82, 2.24) is 15.1 Å². The maximum atomic E-state index is 12.5. The molecule has 2 saturated heterocycles. The first-order chi connectivity index (χ1) is 9.28. The van der Waals surface area contributed by atoms with Gasteiger partial charge >= 0.3 is 0 Å². The van der Waals surface area contributed by atoms with E-state index >= 15 is 0 Å². The smallest absolute Gasteiger partial charge is 0.237 e. The first-order valence-electron chi connectivity index (χ1n) is 8.02. The normalized spacial score (nSPS) is 31.5. The van der Waals surface area contributed by atoms with E-state index < -0.39 is 0 Å². The Hall–Kier alpha value is -0.610. The number of hydrogen-bond donors (Lipinski definition) is 1. The summed E-state index contributed by atoms with van der Waals surface area (Å²) in [4.78, 5) is 17.2. The van der Waals surface area contributed by atoms with E-state index in [0.29, 0.717) is 24.5 Å². The van der Waals surface area contributed by atoms with Gasteiger partial charge in [-0.05, 0) is 51.1 Å². The van der Waals surface area contributed by atoms with Crippen molar-refractivity contribution in [2.24, 2.45) is 5.92 Å². The Labute approximate surface area is 116 Å². The molecule has 3 fully saturated rings. The second-order valence-electron chi connectivity index (χ2n) is 6.44. The fraction of sp³-hybridized carbons (Fsp3) is 0.933. The fourth-order valence-corrected chi connectivity index (χ4v) is 3.64. The Balaban J connectivity index is 1.54. The second kappa shape index (κ2) is 5.80. The van der Waals surface area contributed by atoms with Crippen molar-refractivity contribution in [3.63, 3.8) is 0 Å². The average molecular weight is 265 g/mol. The van der Waals surface area contributed by atoms with Gasteiger partial charge in [-0.25, -0.2) is 0 Å². The molecule has 2 heterocycles. The molecule has 0 aromatic rings. The van der Waals surface area contributed by atoms with Crippen molar-refractivity contribution < 1.29 is 4.79 Å². The number of fused-ring (bicyclic) bond motifs is 2. The van der Waals surface area contributed by atoms with Crippen LogP contribution in [0.25, 0.3) is 0 Å². The SMILES string of the molecule is CCN1CCC2CCC(C1)N2C(=O)CNCC1CC1. The van der Waals surface area contributed by atoms with E-state index in [-0.39, 0.29) is 0 Å². The molecular formula is C15H27N3O. The minimum atomic E-state index is 0.339. The van der Waals surface area contributed by atoms with Gasteiger partial charge in [0.1, 0.15) is 0 Å². The Morgan fingerprint density at radius 3 is 2.68 bits per heavy atom. The van der Waals surface area contributed by atoms with Crippen LogP contribution in [0.2, 0.25) is 0 Å². The highest BCUT2D eigenvalue weighted by Crippen LogP contribution is 2.30. The van der Waals surface area contributed by atoms with Gasteiger partial charge in [-0.3, -0.25) is 4.79 Å². The number of rotatable bonds is 5. The van der Waals surface area contributed by atoms with Crippen molar-refractivity contribution in [3.8, 4) is 0 Å². The standard InChI is InChI=1S/C15H27N3O/c1-2-17-8-7-13-5-6-14(11-17)18(13)15(19)10-16-9-12-3-4-12/h12-14,16H,2-11H2,1H3. The minimum absolute atomic E-state index is 0.339. The monoisotopic (exact) mass is 265 g/mol. The Morgan fingerprint density at radius 2 is 1.95 bits per heavy atom. The van der Waals surface area contributed by atoms with Crippen molar-refractivity contribution in [1.29, 1.82) is 0 Å². The van der Waals surface area contributed by atoms with Gasteiger partial charge in [-0.1, -0.05) is 6.92 Å². The summed E-state index contributed by atoms with van der Waals surface area (Å²) in [5.41, 5.74) is 0. The molecule has 2 unspecified atom stereocenters. The van der Waals surface area contributed by atoms with E-state index in [1.54, 1.807) is 0 Å².